The molecule has 4 aliphatic carbocycles. The van der Waals surface area contributed by atoms with Crippen molar-refractivity contribution in [3.63, 3.8) is 0 Å². The van der Waals surface area contributed by atoms with E-state index in [1.54, 1.807) is 0 Å². The molecule has 0 aromatic rings. The van der Waals surface area contributed by atoms with Crippen molar-refractivity contribution in [2.45, 2.75) is 90.0 Å². The number of nitrogens with one attached hydrogen (secondary N) is 1. The second-order valence-electron chi connectivity index (χ2n) is 11.1. The normalized spacial score (nSPS) is 36.1. The molecule has 4 atom stereocenters. The zero-order valence-electron chi connectivity index (χ0n) is 16.9. The Balaban J connectivity index is 1.55. The third-order valence-corrected chi connectivity index (χ3v) is 6.65. The van der Waals surface area contributed by atoms with E-state index in [-0.39, 0.29) is 34.3 Å². The second-order valence-corrected chi connectivity index (χ2v) is 11.9. The maximum Gasteiger partial charge on any atom is 0.312 e. The van der Waals surface area contributed by atoms with E-state index >= 15 is 0 Å². The lowest BCUT2D eigenvalue weighted by Crippen LogP contribution is -2.56. The fourth-order valence-corrected chi connectivity index (χ4v) is 7.15. The molecule has 0 heterocycles. The van der Waals surface area contributed by atoms with Gasteiger partial charge >= 0.3 is 5.97 Å². The van der Waals surface area contributed by atoms with E-state index < -0.39 is 5.41 Å². The largest absolute Gasteiger partial charge is 0.455 e. The predicted molar refractivity (Wildman–Crippen MR) is 103 cm³/mol. The minimum atomic E-state index is -0.451. The summed E-state index contributed by atoms with van der Waals surface area (Å²) in [5.74, 6) is 0.653. The highest BCUT2D eigenvalue weighted by molar-refractivity contribution is 6.24. The highest BCUT2D eigenvalue weighted by Crippen LogP contribution is 2.64. The van der Waals surface area contributed by atoms with Crippen molar-refractivity contribution in [2.75, 3.05) is 6.61 Å². The molecule has 1 amide bonds. The summed E-state index contributed by atoms with van der Waals surface area (Å²) in [6, 6.07) is 0. The molecule has 4 nitrogen and oxygen atoms in total. The summed E-state index contributed by atoms with van der Waals surface area (Å²) in [5, 5.41) is 3.01. The van der Waals surface area contributed by atoms with E-state index in [0.717, 1.165) is 32.1 Å². The Morgan fingerprint density at radius 2 is 1.65 bits per heavy atom. The number of carbonyl (C=O) groups excluding carboxylic acids is 2. The van der Waals surface area contributed by atoms with Crippen molar-refractivity contribution in [2.24, 2.45) is 22.7 Å². The Kier molecular flexibility index (Phi) is 4.91. The summed E-state index contributed by atoms with van der Waals surface area (Å²) < 4.78 is 5.50. The van der Waals surface area contributed by atoms with Gasteiger partial charge in [0.1, 0.15) is 0 Å². The molecular formula is C21H34ClNO3. The molecule has 4 aliphatic rings. The summed E-state index contributed by atoms with van der Waals surface area (Å²) in [4.78, 5) is 25.0. The molecule has 4 fully saturated rings. The van der Waals surface area contributed by atoms with Crippen molar-refractivity contribution in [1.29, 1.82) is 0 Å². The van der Waals surface area contributed by atoms with Crippen LogP contribution in [-0.4, -0.2) is 28.9 Å². The number of ether oxygens (including phenoxy) is 1. The summed E-state index contributed by atoms with van der Waals surface area (Å²) in [6.07, 6.45) is 6.59. The number of amides is 1. The standard InChI is InChI=1S/C21H34ClNO3/c1-18(2,3)12-19(4,5)23-16(24)11-26-17(25)20-7-14-6-15(8-20)10-21(22,9-14)13-20/h14-15H,6-13H2,1-5H3,(H,23,24)/t14-,15+,20?,21?. The van der Waals surface area contributed by atoms with Crippen LogP contribution in [-0.2, 0) is 14.3 Å². The van der Waals surface area contributed by atoms with Crippen LogP contribution in [0.4, 0.5) is 0 Å². The zero-order chi connectivity index (χ0) is 19.4. The molecular weight excluding hydrogens is 350 g/mol. The number of alkyl halides is 1. The van der Waals surface area contributed by atoms with Crippen LogP contribution in [0.25, 0.3) is 0 Å². The van der Waals surface area contributed by atoms with Gasteiger partial charge in [0.25, 0.3) is 5.91 Å². The van der Waals surface area contributed by atoms with E-state index in [4.69, 9.17) is 16.3 Å². The van der Waals surface area contributed by atoms with Crippen LogP contribution in [0.1, 0.15) is 79.6 Å². The van der Waals surface area contributed by atoms with E-state index in [1.807, 2.05) is 13.8 Å². The number of hydrogen-bond acceptors (Lipinski definition) is 3. The lowest BCUT2D eigenvalue weighted by atomic mass is 9.49. The first kappa shape index (κ1) is 20.0. The molecule has 0 spiro atoms. The molecule has 4 bridgehead atoms. The van der Waals surface area contributed by atoms with Gasteiger partial charge in [-0.1, -0.05) is 20.8 Å². The van der Waals surface area contributed by atoms with Gasteiger partial charge in [0.05, 0.1) is 5.41 Å². The van der Waals surface area contributed by atoms with Gasteiger partial charge in [-0.05, 0) is 76.0 Å². The Morgan fingerprint density at radius 3 is 2.15 bits per heavy atom. The Hall–Kier alpha value is -0.770. The SMILES string of the molecule is CC(C)(C)CC(C)(C)NC(=O)COC(=O)C12C[C@@H]3C[C@@H](CC(Cl)(C3)C1)C2. The average Bonchev–Trinajstić information content (AvgIpc) is 2.38. The lowest BCUT2D eigenvalue weighted by molar-refractivity contribution is -0.172. The number of hydrogen-bond donors (Lipinski definition) is 1. The quantitative estimate of drug-likeness (QED) is 0.564. The van der Waals surface area contributed by atoms with Crippen LogP contribution >= 0.6 is 11.6 Å². The highest BCUT2D eigenvalue weighted by atomic mass is 35.5. The van der Waals surface area contributed by atoms with Crippen molar-refractivity contribution in [3.8, 4) is 0 Å². The van der Waals surface area contributed by atoms with Crippen molar-refractivity contribution in [3.05, 3.63) is 0 Å². The molecule has 148 valence electrons. The monoisotopic (exact) mass is 383 g/mol. The van der Waals surface area contributed by atoms with Gasteiger partial charge in [-0.15, -0.1) is 11.6 Å². The molecule has 0 radical (unpaired) electrons. The third-order valence-electron chi connectivity index (χ3n) is 6.21. The van der Waals surface area contributed by atoms with Crippen LogP contribution < -0.4 is 5.32 Å². The minimum Gasteiger partial charge on any atom is -0.455 e. The van der Waals surface area contributed by atoms with Crippen LogP contribution in [0.5, 0.6) is 0 Å². The first-order chi connectivity index (χ1) is 11.8. The summed E-state index contributed by atoms with van der Waals surface area (Å²) in [7, 11) is 0. The van der Waals surface area contributed by atoms with Crippen molar-refractivity contribution >= 4 is 23.5 Å². The van der Waals surface area contributed by atoms with E-state index in [1.165, 1.54) is 6.42 Å². The summed E-state index contributed by atoms with van der Waals surface area (Å²) in [6.45, 7) is 10.3. The van der Waals surface area contributed by atoms with Crippen molar-refractivity contribution in [1.82, 2.24) is 5.32 Å². The van der Waals surface area contributed by atoms with Gasteiger partial charge in [0.15, 0.2) is 6.61 Å². The lowest BCUT2D eigenvalue weighted by Gasteiger charge is -2.58. The maximum absolute atomic E-state index is 12.9. The van der Waals surface area contributed by atoms with E-state index in [9.17, 15) is 9.59 Å². The third kappa shape index (κ3) is 4.37. The van der Waals surface area contributed by atoms with Crippen LogP contribution in [0.15, 0.2) is 0 Å². The molecule has 1 N–H and O–H groups in total. The molecule has 4 rings (SSSR count). The molecule has 0 aliphatic heterocycles. The molecule has 26 heavy (non-hydrogen) atoms. The van der Waals surface area contributed by atoms with Crippen LogP contribution in [0.3, 0.4) is 0 Å². The fraction of sp³-hybridized carbons (Fsp3) is 0.905. The van der Waals surface area contributed by atoms with Gasteiger partial charge in [0.2, 0.25) is 0 Å². The second kappa shape index (κ2) is 6.39. The molecule has 5 heteroatoms. The molecule has 4 saturated carbocycles. The Bertz CT molecular complexity index is 579. The molecule has 0 aromatic carbocycles. The smallest absolute Gasteiger partial charge is 0.312 e. The highest BCUT2D eigenvalue weighted by Gasteiger charge is 2.60. The van der Waals surface area contributed by atoms with Crippen LogP contribution in [0, 0.1) is 22.7 Å². The van der Waals surface area contributed by atoms with Gasteiger partial charge in [-0.25, -0.2) is 0 Å². The van der Waals surface area contributed by atoms with Gasteiger partial charge in [0, 0.05) is 10.4 Å². The number of esters is 1. The fourth-order valence-electron chi connectivity index (χ4n) is 6.46. The number of rotatable bonds is 5. The topological polar surface area (TPSA) is 55.4 Å². The Labute approximate surface area is 162 Å². The van der Waals surface area contributed by atoms with Crippen molar-refractivity contribution < 1.29 is 14.3 Å². The number of carbonyl (C=O) groups is 2. The van der Waals surface area contributed by atoms with Gasteiger partial charge in [-0.3, -0.25) is 9.59 Å². The molecule has 0 aromatic heterocycles. The first-order valence-corrected chi connectivity index (χ1v) is 10.3. The molecule has 0 saturated heterocycles. The minimum absolute atomic E-state index is 0.112. The van der Waals surface area contributed by atoms with Crippen LogP contribution in [0.2, 0.25) is 0 Å². The first-order valence-electron chi connectivity index (χ1n) is 9.97. The van der Waals surface area contributed by atoms with E-state index in [0.29, 0.717) is 18.3 Å². The Morgan fingerprint density at radius 1 is 1.08 bits per heavy atom. The molecule has 2 unspecified atom stereocenters. The average molecular weight is 384 g/mol. The van der Waals surface area contributed by atoms with Gasteiger partial charge in [-0.2, -0.15) is 0 Å². The van der Waals surface area contributed by atoms with Gasteiger partial charge < -0.3 is 10.1 Å². The van der Waals surface area contributed by atoms with E-state index in [2.05, 4.69) is 26.1 Å². The zero-order valence-corrected chi connectivity index (χ0v) is 17.7. The number of halogens is 1. The summed E-state index contributed by atoms with van der Waals surface area (Å²) >= 11 is 6.79. The summed E-state index contributed by atoms with van der Waals surface area (Å²) in [5.41, 5.74) is -0.670. The predicted octanol–water partition coefficient (Wildman–Crippen LogP) is 4.44. The maximum atomic E-state index is 12.9.